The van der Waals surface area contributed by atoms with Gasteiger partial charge in [-0.05, 0) is 62.6 Å². The summed E-state index contributed by atoms with van der Waals surface area (Å²) in [5, 5.41) is 8.11. The van der Waals surface area contributed by atoms with E-state index in [1.54, 1.807) is 19.2 Å². The van der Waals surface area contributed by atoms with E-state index in [-0.39, 0.29) is 5.82 Å². The zero-order valence-electron chi connectivity index (χ0n) is 18.8. The molecule has 2 N–H and O–H groups in total. The summed E-state index contributed by atoms with van der Waals surface area (Å²) >= 11 is 0. The van der Waals surface area contributed by atoms with Crippen LogP contribution in [-0.4, -0.2) is 45.4 Å². The molecule has 2 aromatic heterocycles. The van der Waals surface area contributed by atoms with Crippen LogP contribution >= 0.6 is 0 Å². The summed E-state index contributed by atoms with van der Waals surface area (Å²) in [4.78, 5) is 30.2. The second-order valence-corrected chi connectivity index (χ2v) is 8.32. The second kappa shape index (κ2) is 9.81. The van der Waals surface area contributed by atoms with Gasteiger partial charge in [-0.1, -0.05) is 24.6 Å². The summed E-state index contributed by atoms with van der Waals surface area (Å²) in [5.74, 6) is -1.23. The monoisotopic (exact) mass is 446 g/mol. The first-order chi connectivity index (χ1) is 15.9. The van der Waals surface area contributed by atoms with E-state index in [2.05, 4.69) is 15.2 Å². The number of H-pyrrole nitrogens is 2. The Balaban J connectivity index is 1.24. The number of hydrogen-bond donors (Lipinski definition) is 2. The highest BCUT2D eigenvalue weighted by Crippen LogP contribution is 2.23. The van der Waals surface area contributed by atoms with Crippen LogP contribution < -0.4 is 0 Å². The number of carbonyl (C=O) groups is 2. The Kier molecular flexibility index (Phi) is 6.68. The van der Waals surface area contributed by atoms with Crippen molar-refractivity contribution in [3.8, 4) is 11.3 Å². The van der Waals surface area contributed by atoms with Gasteiger partial charge in [-0.3, -0.25) is 14.7 Å². The van der Waals surface area contributed by atoms with Crippen molar-refractivity contribution in [3.63, 3.8) is 0 Å². The van der Waals surface area contributed by atoms with Crippen molar-refractivity contribution in [2.24, 2.45) is 0 Å². The molecule has 0 saturated carbocycles. The van der Waals surface area contributed by atoms with Gasteiger partial charge in [0, 0.05) is 41.4 Å². The van der Waals surface area contributed by atoms with Crippen molar-refractivity contribution in [2.45, 2.75) is 32.6 Å². The van der Waals surface area contributed by atoms with E-state index >= 15 is 0 Å². The van der Waals surface area contributed by atoms with E-state index in [1.165, 1.54) is 17.0 Å². The zero-order valence-corrected chi connectivity index (χ0v) is 18.8. The highest BCUT2D eigenvalue weighted by atomic mass is 19.1. The van der Waals surface area contributed by atoms with Crippen molar-refractivity contribution in [1.82, 2.24) is 20.1 Å². The Morgan fingerprint density at radius 2 is 1.79 bits per heavy atom. The number of halogens is 1. The summed E-state index contributed by atoms with van der Waals surface area (Å²) in [6, 6.07) is 15.8. The number of nitrogens with one attached hydrogen (secondary N) is 2. The maximum Gasteiger partial charge on any atom is 0.294 e. The first kappa shape index (κ1) is 22.5. The summed E-state index contributed by atoms with van der Waals surface area (Å²) in [6.07, 6.45) is 3.49. The number of carbonyl (C=O) groups excluding carboxylic acids is 2. The molecular formula is C26H27FN4O2. The van der Waals surface area contributed by atoms with Gasteiger partial charge in [-0.25, -0.2) is 4.39 Å². The lowest BCUT2D eigenvalue weighted by atomic mass is 10.1. The minimum Gasteiger partial charge on any atom is -0.358 e. The lowest BCUT2D eigenvalue weighted by Gasteiger charge is -2.16. The van der Waals surface area contributed by atoms with Crippen LogP contribution in [0.4, 0.5) is 4.39 Å². The zero-order chi connectivity index (χ0) is 23.4. The summed E-state index contributed by atoms with van der Waals surface area (Å²) in [6.45, 7) is 2.34. The van der Waals surface area contributed by atoms with Gasteiger partial charge in [0.1, 0.15) is 5.82 Å². The lowest BCUT2D eigenvalue weighted by Crippen LogP contribution is -2.34. The van der Waals surface area contributed by atoms with Crippen LogP contribution in [0.3, 0.4) is 0 Å². The fourth-order valence-corrected chi connectivity index (χ4v) is 4.05. The number of unbranched alkanes of at least 4 members (excludes halogenated alkanes) is 2. The van der Waals surface area contributed by atoms with Crippen LogP contribution in [0.1, 0.15) is 41.0 Å². The molecule has 2 heterocycles. The molecule has 0 fully saturated rings. The molecule has 6 nitrogen and oxygen atoms in total. The number of Topliss-reactive ketones (excluding diaryl/α,β-unsaturated/α-hetero) is 1. The maximum atomic E-state index is 13.1. The normalized spacial score (nSPS) is 11.1. The van der Waals surface area contributed by atoms with Gasteiger partial charge in [0.15, 0.2) is 0 Å². The number of amides is 1. The number of rotatable bonds is 9. The van der Waals surface area contributed by atoms with Gasteiger partial charge in [-0.15, -0.1) is 0 Å². The minimum atomic E-state index is -0.486. The molecule has 7 heteroatoms. The molecular weight excluding hydrogens is 419 g/mol. The standard InChI is InChI=1S/C26H27FN4O2/c1-17-24(21-9-5-6-10-22(21)28-17)25(32)26(33)31(2)15-7-3-4-8-20-16-23(30-29-20)18-11-13-19(27)14-12-18/h5-6,9-14,16,28H,3-4,7-8,15H2,1-2H3,(H,29,30). The molecule has 0 saturated heterocycles. The van der Waals surface area contributed by atoms with Crippen LogP contribution in [0, 0.1) is 12.7 Å². The van der Waals surface area contributed by atoms with E-state index in [0.717, 1.165) is 53.5 Å². The van der Waals surface area contributed by atoms with E-state index in [9.17, 15) is 14.0 Å². The molecule has 0 bridgehead atoms. The topological polar surface area (TPSA) is 81.8 Å². The molecule has 2 aromatic carbocycles. The van der Waals surface area contributed by atoms with Gasteiger partial charge in [0.25, 0.3) is 11.7 Å². The Labute approximate surface area is 191 Å². The van der Waals surface area contributed by atoms with Gasteiger partial charge in [0.2, 0.25) is 0 Å². The number of aromatic amines is 2. The fraction of sp³-hybridized carbons (Fsp3) is 0.269. The molecule has 0 atom stereocenters. The fourth-order valence-electron chi connectivity index (χ4n) is 4.05. The van der Waals surface area contributed by atoms with Gasteiger partial charge >= 0.3 is 0 Å². The molecule has 0 unspecified atom stereocenters. The third-order valence-corrected chi connectivity index (χ3v) is 5.87. The highest BCUT2D eigenvalue weighted by molar-refractivity contribution is 6.45. The summed E-state index contributed by atoms with van der Waals surface area (Å²) in [5.41, 5.74) is 4.70. The van der Waals surface area contributed by atoms with Crippen LogP contribution in [0.25, 0.3) is 22.2 Å². The van der Waals surface area contributed by atoms with Crippen LogP contribution in [0.5, 0.6) is 0 Å². The van der Waals surface area contributed by atoms with Gasteiger partial charge in [-0.2, -0.15) is 5.10 Å². The molecule has 0 aliphatic rings. The van der Waals surface area contributed by atoms with Crippen LogP contribution in [0.2, 0.25) is 0 Å². The Morgan fingerprint density at radius 1 is 1.03 bits per heavy atom. The Hall–Kier alpha value is -3.74. The number of benzene rings is 2. The quantitative estimate of drug-likeness (QED) is 0.214. The Bertz CT molecular complexity index is 1270. The van der Waals surface area contributed by atoms with E-state index in [1.807, 2.05) is 37.3 Å². The second-order valence-electron chi connectivity index (χ2n) is 8.32. The van der Waals surface area contributed by atoms with Crippen molar-refractivity contribution in [1.29, 1.82) is 0 Å². The molecule has 170 valence electrons. The summed E-state index contributed by atoms with van der Waals surface area (Å²) < 4.78 is 13.1. The van der Waals surface area contributed by atoms with Crippen LogP contribution in [0.15, 0.2) is 54.6 Å². The summed E-state index contributed by atoms with van der Waals surface area (Å²) in [7, 11) is 1.67. The first-order valence-electron chi connectivity index (χ1n) is 11.1. The van der Waals surface area contributed by atoms with E-state index in [0.29, 0.717) is 17.8 Å². The molecule has 4 rings (SSSR count). The predicted octanol–water partition coefficient (Wildman–Crippen LogP) is 5.06. The largest absolute Gasteiger partial charge is 0.358 e. The molecule has 0 aliphatic heterocycles. The molecule has 1 amide bonds. The van der Waals surface area contributed by atoms with Crippen molar-refractivity contribution in [2.75, 3.05) is 13.6 Å². The number of aromatic nitrogens is 3. The third kappa shape index (κ3) is 5.03. The Morgan fingerprint density at radius 3 is 2.58 bits per heavy atom. The molecule has 0 aliphatic carbocycles. The van der Waals surface area contributed by atoms with Gasteiger partial charge in [0.05, 0.1) is 11.3 Å². The van der Waals surface area contributed by atoms with Crippen molar-refractivity contribution < 1.29 is 14.0 Å². The highest BCUT2D eigenvalue weighted by Gasteiger charge is 2.25. The van der Waals surface area contributed by atoms with Crippen molar-refractivity contribution in [3.05, 3.63) is 77.4 Å². The molecule has 0 radical (unpaired) electrons. The number of likely N-dealkylation sites (N-methyl/N-ethyl adjacent to an activating group) is 1. The first-order valence-corrected chi connectivity index (χ1v) is 11.1. The number of nitrogens with zero attached hydrogens (tertiary/aromatic N) is 2. The smallest absolute Gasteiger partial charge is 0.294 e. The third-order valence-electron chi connectivity index (χ3n) is 5.87. The average molecular weight is 447 g/mol. The SMILES string of the molecule is Cc1[nH]c2ccccc2c1C(=O)C(=O)N(C)CCCCCc1cc(-c2ccc(F)cc2)n[nH]1. The average Bonchev–Trinajstić information content (AvgIpc) is 3.42. The van der Waals surface area contributed by atoms with Gasteiger partial charge < -0.3 is 9.88 Å². The van der Waals surface area contributed by atoms with Crippen LogP contribution in [-0.2, 0) is 11.2 Å². The predicted molar refractivity (Wildman–Crippen MR) is 127 cm³/mol. The van der Waals surface area contributed by atoms with E-state index in [4.69, 9.17) is 0 Å². The number of fused-ring (bicyclic) bond motifs is 1. The minimum absolute atomic E-state index is 0.267. The number of para-hydroxylation sites is 1. The molecule has 4 aromatic rings. The molecule has 33 heavy (non-hydrogen) atoms. The number of ketones is 1. The maximum absolute atomic E-state index is 13.1. The number of hydrogen-bond acceptors (Lipinski definition) is 3. The van der Waals surface area contributed by atoms with Crippen molar-refractivity contribution >= 4 is 22.6 Å². The van der Waals surface area contributed by atoms with E-state index < -0.39 is 11.7 Å². The number of aryl methyl sites for hydroxylation is 2. The molecule has 0 spiro atoms. The lowest BCUT2D eigenvalue weighted by molar-refractivity contribution is -0.125.